The monoisotopic (exact) mass is 306 g/mol. The highest BCUT2D eigenvalue weighted by atomic mass is 35.5. The molecule has 0 saturated heterocycles. The van der Waals surface area contributed by atoms with Crippen molar-refractivity contribution in [2.24, 2.45) is 0 Å². The number of ether oxygens (including phenoxy) is 1. The molecule has 108 valence electrons. The first-order chi connectivity index (χ1) is 9.95. The second-order valence-corrected chi connectivity index (χ2v) is 4.78. The lowest BCUT2D eigenvalue weighted by Gasteiger charge is -2.10. The Morgan fingerprint density at radius 1 is 1.29 bits per heavy atom. The Kier molecular flexibility index (Phi) is 4.60. The summed E-state index contributed by atoms with van der Waals surface area (Å²) in [7, 11) is 0. The van der Waals surface area contributed by atoms with Crippen molar-refractivity contribution < 1.29 is 19.0 Å². The number of hydrogen-bond acceptors (Lipinski definition) is 2. The molecule has 2 aromatic carbocycles. The number of benzene rings is 2. The van der Waals surface area contributed by atoms with Gasteiger partial charge in [-0.3, -0.25) is 0 Å². The van der Waals surface area contributed by atoms with Gasteiger partial charge in [0.1, 0.15) is 17.3 Å². The Balaban J connectivity index is 2.28. The van der Waals surface area contributed by atoms with Crippen LogP contribution in [0.3, 0.4) is 0 Å². The number of carboxylic acid groups (broad SMARTS) is 1. The molecule has 0 aliphatic rings. The molecule has 2 aromatic rings. The zero-order valence-corrected chi connectivity index (χ0v) is 11.9. The van der Waals surface area contributed by atoms with Crippen LogP contribution in [0.15, 0.2) is 42.5 Å². The number of hydrogen-bond donors (Lipinski definition) is 1. The molecule has 0 fully saturated rings. The van der Waals surface area contributed by atoms with Gasteiger partial charge in [0.15, 0.2) is 0 Å². The lowest BCUT2D eigenvalue weighted by molar-refractivity contribution is -0.131. The Morgan fingerprint density at radius 2 is 2.05 bits per heavy atom. The fraction of sp³-hybridized carbons (Fsp3) is 0.0625. The van der Waals surface area contributed by atoms with E-state index in [2.05, 4.69) is 0 Å². The smallest absolute Gasteiger partial charge is 0.328 e. The third-order valence-electron chi connectivity index (χ3n) is 2.75. The van der Waals surface area contributed by atoms with E-state index >= 15 is 0 Å². The lowest BCUT2D eigenvalue weighted by atomic mass is 10.1. The fourth-order valence-electron chi connectivity index (χ4n) is 1.67. The molecule has 0 amide bonds. The summed E-state index contributed by atoms with van der Waals surface area (Å²) in [4.78, 5) is 10.5. The zero-order valence-electron chi connectivity index (χ0n) is 11.1. The van der Waals surface area contributed by atoms with Crippen LogP contribution in [0.2, 0.25) is 5.02 Å². The molecule has 0 saturated carbocycles. The van der Waals surface area contributed by atoms with Crippen molar-refractivity contribution in [1.82, 2.24) is 0 Å². The van der Waals surface area contributed by atoms with Crippen LogP contribution in [0.4, 0.5) is 4.39 Å². The van der Waals surface area contributed by atoms with Gasteiger partial charge in [0.05, 0.1) is 5.02 Å². The van der Waals surface area contributed by atoms with Crippen LogP contribution >= 0.6 is 11.6 Å². The predicted molar refractivity (Wildman–Crippen MR) is 79.3 cm³/mol. The number of rotatable bonds is 4. The molecule has 0 heterocycles. The van der Waals surface area contributed by atoms with Gasteiger partial charge in [-0.2, -0.15) is 0 Å². The average molecular weight is 307 g/mol. The minimum Gasteiger partial charge on any atom is -0.478 e. The molecule has 1 N–H and O–H groups in total. The Bertz CT molecular complexity index is 711. The van der Waals surface area contributed by atoms with Crippen LogP contribution in [-0.2, 0) is 4.79 Å². The van der Waals surface area contributed by atoms with E-state index in [1.165, 1.54) is 24.3 Å². The molecule has 0 aromatic heterocycles. The molecule has 0 aliphatic heterocycles. The molecular formula is C16H12ClFO3. The molecule has 0 aliphatic carbocycles. The van der Waals surface area contributed by atoms with Crippen molar-refractivity contribution in [1.29, 1.82) is 0 Å². The molecule has 0 atom stereocenters. The number of aliphatic carboxylic acids is 1. The molecule has 0 unspecified atom stereocenters. The quantitative estimate of drug-likeness (QED) is 0.834. The molecular weight excluding hydrogens is 295 g/mol. The van der Waals surface area contributed by atoms with Crippen LogP contribution in [-0.4, -0.2) is 11.1 Å². The van der Waals surface area contributed by atoms with Gasteiger partial charge in [0, 0.05) is 12.1 Å². The van der Waals surface area contributed by atoms with Crippen molar-refractivity contribution in [2.75, 3.05) is 0 Å². The van der Waals surface area contributed by atoms with E-state index in [-0.39, 0.29) is 5.02 Å². The summed E-state index contributed by atoms with van der Waals surface area (Å²) in [6.45, 7) is 1.85. The highest BCUT2D eigenvalue weighted by Gasteiger charge is 2.06. The van der Waals surface area contributed by atoms with E-state index in [1.807, 2.05) is 13.0 Å². The Morgan fingerprint density at radius 3 is 2.71 bits per heavy atom. The van der Waals surface area contributed by atoms with E-state index in [1.54, 1.807) is 12.1 Å². The molecule has 5 heteroatoms. The van der Waals surface area contributed by atoms with Crippen molar-refractivity contribution in [3.63, 3.8) is 0 Å². The largest absolute Gasteiger partial charge is 0.478 e. The summed E-state index contributed by atoms with van der Waals surface area (Å²) < 4.78 is 18.8. The van der Waals surface area contributed by atoms with Crippen molar-refractivity contribution in [2.45, 2.75) is 6.92 Å². The standard InChI is InChI=1S/C16H12ClFO3/c1-10-2-3-11(4-7-16(19)20)8-15(10)21-12-5-6-14(18)13(17)9-12/h2-9H,1H3,(H,19,20)/b7-4+. The van der Waals surface area contributed by atoms with Crippen LogP contribution < -0.4 is 4.74 Å². The minimum atomic E-state index is -1.02. The number of carbonyl (C=O) groups is 1. The van der Waals surface area contributed by atoms with E-state index in [0.29, 0.717) is 17.1 Å². The molecule has 0 bridgehead atoms. The minimum absolute atomic E-state index is 0.0212. The predicted octanol–water partition coefficient (Wildman–Crippen LogP) is 4.68. The summed E-state index contributed by atoms with van der Waals surface area (Å²) >= 11 is 5.70. The maximum Gasteiger partial charge on any atom is 0.328 e. The highest BCUT2D eigenvalue weighted by molar-refractivity contribution is 6.30. The van der Waals surface area contributed by atoms with E-state index in [9.17, 15) is 9.18 Å². The summed E-state index contributed by atoms with van der Waals surface area (Å²) in [6, 6.07) is 9.37. The molecule has 21 heavy (non-hydrogen) atoms. The number of aryl methyl sites for hydroxylation is 1. The van der Waals surface area contributed by atoms with Gasteiger partial charge in [0.25, 0.3) is 0 Å². The third kappa shape index (κ3) is 4.07. The maximum absolute atomic E-state index is 13.1. The van der Waals surface area contributed by atoms with Gasteiger partial charge < -0.3 is 9.84 Å². The van der Waals surface area contributed by atoms with Crippen LogP contribution in [0, 0.1) is 12.7 Å². The Hall–Kier alpha value is -2.33. The first-order valence-electron chi connectivity index (χ1n) is 6.10. The van der Waals surface area contributed by atoms with E-state index in [4.69, 9.17) is 21.4 Å². The summed E-state index contributed by atoms with van der Waals surface area (Å²) in [5.41, 5.74) is 1.55. The van der Waals surface area contributed by atoms with Gasteiger partial charge in [-0.05, 0) is 42.3 Å². The number of halogens is 2. The van der Waals surface area contributed by atoms with Gasteiger partial charge >= 0.3 is 5.97 Å². The number of carboxylic acids is 1. The Labute approximate surface area is 126 Å². The van der Waals surface area contributed by atoms with Crippen LogP contribution in [0.1, 0.15) is 11.1 Å². The van der Waals surface area contributed by atoms with Crippen LogP contribution in [0.5, 0.6) is 11.5 Å². The molecule has 2 rings (SSSR count). The second kappa shape index (κ2) is 6.41. The van der Waals surface area contributed by atoms with Gasteiger partial charge in [-0.15, -0.1) is 0 Å². The third-order valence-corrected chi connectivity index (χ3v) is 3.04. The normalized spacial score (nSPS) is 10.8. The first-order valence-corrected chi connectivity index (χ1v) is 6.48. The zero-order chi connectivity index (χ0) is 15.4. The van der Waals surface area contributed by atoms with E-state index in [0.717, 1.165) is 11.6 Å². The van der Waals surface area contributed by atoms with Gasteiger partial charge in [0.2, 0.25) is 0 Å². The van der Waals surface area contributed by atoms with Gasteiger partial charge in [-0.25, -0.2) is 9.18 Å². The molecule has 0 spiro atoms. The SMILES string of the molecule is Cc1ccc(/C=C/C(=O)O)cc1Oc1ccc(F)c(Cl)c1. The summed E-state index contributed by atoms with van der Waals surface area (Å²) in [5.74, 6) is -0.587. The summed E-state index contributed by atoms with van der Waals surface area (Å²) in [6.07, 6.45) is 2.51. The fourth-order valence-corrected chi connectivity index (χ4v) is 1.84. The first kappa shape index (κ1) is 15.1. The maximum atomic E-state index is 13.1. The van der Waals surface area contributed by atoms with Crippen molar-refractivity contribution in [3.05, 3.63) is 64.4 Å². The molecule has 0 radical (unpaired) electrons. The highest BCUT2D eigenvalue weighted by Crippen LogP contribution is 2.29. The van der Waals surface area contributed by atoms with Crippen molar-refractivity contribution >= 4 is 23.6 Å². The van der Waals surface area contributed by atoms with E-state index < -0.39 is 11.8 Å². The molecule has 3 nitrogen and oxygen atoms in total. The van der Waals surface area contributed by atoms with Crippen LogP contribution in [0.25, 0.3) is 6.08 Å². The van der Waals surface area contributed by atoms with Gasteiger partial charge in [-0.1, -0.05) is 23.7 Å². The summed E-state index contributed by atoms with van der Waals surface area (Å²) in [5, 5.41) is 8.60. The second-order valence-electron chi connectivity index (χ2n) is 4.37. The lowest BCUT2D eigenvalue weighted by Crippen LogP contribution is -1.90. The van der Waals surface area contributed by atoms with Crippen molar-refractivity contribution in [3.8, 4) is 11.5 Å². The topological polar surface area (TPSA) is 46.5 Å². The average Bonchev–Trinajstić information content (AvgIpc) is 2.43.